The molecule has 1 rings (SSSR count). The molecule has 0 radical (unpaired) electrons. The Hall–Kier alpha value is -0.100. The van der Waals surface area contributed by atoms with E-state index < -0.39 is 0 Å². The van der Waals surface area contributed by atoms with Crippen molar-refractivity contribution in [1.82, 2.24) is 9.78 Å². The number of ether oxygens (including phenoxy) is 1. The monoisotopic (exact) mass is 294 g/mol. The zero-order chi connectivity index (χ0) is 9.68. The Morgan fingerprint density at radius 1 is 1.62 bits per heavy atom. The molecular weight excluding hydrogens is 279 g/mol. The fourth-order valence-electron chi connectivity index (χ4n) is 1.11. The Bertz CT molecular complexity index is 260. The van der Waals surface area contributed by atoms with Crippen LogP contribution in [0.3, 0.4) is 0 Å². The molecule has 4 heteroatoms. The second-order valence-electron chi connectivity index (χ2n) is 2.97. The Kier molecular flexibility index (Phi) is 4.72. The summed E-state index contributed by atoms with van der Waals surface area (Å²) in [5.41, 5.74) is 1.04. The molecule has 1 aromatic rings. The minimum atomic E-state index is 0.609. The molecule has 0 aromatic carbocycles. The first-order valence-electron chi connectivity index (χ1n) is 4.48. The van der Waals surface area contributed by atoms with Crippen LogP contribution in [0.5, 0.6) is 0 Å². The molecule has 0 spiro atoms. The third-order valence-corrected chi connectivity index (χ3v) is 2.71. The maximum Gasteiger partial charge on any atom is 0.101 e. The first-order chi connectivity index (χ1) is 6.27. The molecule has 0 fully saturated rings. The topological polar surface area (TPSA) is 27.1 Å². The van der Waals surface area contributed by atoms with Crippen molar-refractivity contribution in [2.24, 2.45) is 0 Å². The molecule has 0 saturated heterocycles. The van der Waals surface area contributed by atoms with Crippen LogP contribution in [0.25, 0.3) is 0 Å². The minimum Gasteiger partial charge on any atom is -0.378 e. The van der Waals surface area contributed by atoms with Crippen LogP contribution in [0.2, 0.25) is 0 Å². The van der Waals surface area contributed by atoms with Crippen molar-refractivity contribution in [1.29, 1.82) is 0 Å². The summed E-state index contributed by atoms with van der Waals surface area (Å²) in [6.45, 7) is 3.80. The third kappa shape index (κ3) is 3.27. The molecule has 0 saturated carbocycles. The number of nitrogens with zero attached hydrogens (tertiary/aromatic N) is 2. The lowest BCUT2D eigenvalue weighted by Gasteiger charge is -1.97. The number of aromatic nitrogens is 2. The van der Waals surface area contributed by atoms with Crippen molar-refractivity contribution in [2.45, 2.75) is 32.9 Å². The highest BCUT2D eigenvalue weighted by Gasteiger charge is 2.04. The van der Waals surface area contributed by atoms with Gasteiger partial charge in [0.1, 0.15) is 5.69 Å². The van der Waals surface area contributed by atoms with Gasteiger partial charge in [-0.15, -0.1) is 0 Å². The average molecular weight is 294 g/mol. The molecule has 0 aliphatic carbocycles. The molecule has 0 aliphatic rings. The Morgan fingerprint density at radius 3 is 3.00 bits per heavy atom. The van der Waals surface area contributed by atoms with Crippen LogP contribution in [0.4, 0.5) is 0 Å². The maximum atomic E-state index is 5.05. The summed E-state index contributed by atoms with van der Waals surface area (Å²) in [5.74, 6) is 0. The van der Waals surface area contributed by atoms with E-state index in [2.05, 4.69) is 40.8 Å². The van der Waals surface area contributed by atoms with Crippen LogP contribution in [-0.4, -0.2) is 16.9 Å². The molecule has 0 amide bonds. The lowest BCUT2D eigenvalue weighted by Crippen LogP contribution is -1.99. The summed E-state index contributed by atoms with van der Waals surface area (Å²) in [7, 11) is 1.70. The SMILES string of the molecule is CCCCn1cc(I)c(COC)n1. The van der Waals surface area contributed by atoms with E-state index in [1.165, 1.54) is 16.4 Å². The van der Waals surface area contributed by atoms with Crippen LogP contribution >= 0.6 is 22.6 Å². The van der Waals surface area contributed by atoms with Crippen LogP contribution in [-0.2, 0) is 17.9 Å². The summed E-state index contributed by atoms with van der Waals surface area (Å²) >= 11 is 2.29. The van der Waals surface area contributed by atoms with Gasteiger partial charge in [-0.3, -0.25) is 4.68 Å². The molecule has 0 bridgehead atoms. The van der Waals surface area contributed by atoms with Gasteiger partial charge in [-0.25, -0.2) is 0 Å². The predicted octanol–water partition coefficient (Wildman–Crippen LogP) is 2.43. The normalized spacial score (nSPS) is 10.7. The molecule has 3 nitrogen and oxygen atoms in total. The standard InChI is InChI=1S/C9H15IN2O/c1-3-4-5-12-6-8(10)9(11-12)7-13-2/h6H,3-5,7H2,1-2H3. The zero-order valence-corrected chi connectivity index (χ0v) is 10.2. The van der Waals surface area contributed by atoms with Crippen LogP contribution in [0, 0.1) is 3.57 Å². The smallest absolute Gasteiger partial charge is 0.101 e. The molecule has 1 aromatic heterocycles. The van der Waals surface area contributed by atoms with E-state index in [0.717, 1.165) is 12.2 Å². The van der Waals surface area contributed by atoms with Gasteiger partial charge in [0, 0.05) is 19.9 Å². The van der Waals surface area contributed by atoms with E-state index in [4.69, 9.17) is 4.74 Å². The van der Waals surface area contributed by atoms with Gasteiger partial charge in [0.25, 0.3) is 0 Å². The molecule has 0 unspecified atom stereocenters. The first-order valence-corrected chi connectivity index (χ1v) is 5.56. The Morgan fingerprint density at radius 2 is 2.38 bits per heavy atom. The highest BCUT2D eigenvalue weighted by Crippen LogP contribution is 2.11. The summed E-state index contributed by atoms with van der Waals surface area (Å²) in [5, 5.41) is 4.42. The lowest BCUT2D eigenvalue weighted by atomic mass is 10.3. The van der Waals surface area contributed by atoms with E-state index in [1.807, 2.05) is 4.68 Å². The van der Waals surface area contributed by atoms with Crippen molar-refractivity contribution < 1.29 is 4.74 Å². The number of rotatable bonds is 5. The van der Waals surface area contributed by atoms with Gasteiger partial charge in [0.15, 0.2) is 0 Å². The van der Waals surface area contributed by atoms with E-state index in [1.54, 1.807) is 7.11 Å². The van der Waals surface area contributed by atoms with E-state index >= 15 is 0 Å². The highest BCUT2D eigenvalue weighted by molar-refractivity contribution is 14.1. The number of hydrogen-bond acceptors (Lipinski definition) is 2. The average Bonchev–Trinajstić information content (AvgIpc) is 2.45. The van der Waals surface area contributed by atoms with E-state index in [0.29, 0.717) is 6.61 Å². The largest absolute Gasteiger partial charge is 0.378 e. The fraction of sp³-hybridized carbons (Fsp3) is 0.667. The maximum absolute atomic E-state index is 5.05. The molecule has 0 N–H and O–H groups in total. The van der Waals surface area contributed by atoms with Crippen LogP contribution in [0.1, 0.15) is 25.5 Å². The fourth-order valence-corrected chi connectivity index (χ4v) is 1.69. The van der Waals surface area contributed by atoms with Crippen LogP contribution in [0.15, 0.2) is 6.20 Å². The van der Waals surface area contributed by atoms with Crippen molar-refractivity contribution in [2.75, 3.05) is 7.11 Å². The molecule has 0 atom stereocenters. The first kappa shape index (κ1) is 11.0. The van der Waals surface area contributed by atoms with Gasteiger partial charge in [0.05, 0.1) is 10.2 Å². The van der Waals surface area contributed by atoms with Gasteiger partial charge in [-0.1, -0.05) is 13.3 Å². The summed E-state index contributed by atoms with van der Waals surface area (Å²) < 4.78 is 8.24. The molecular formula is C9H15IN2O. The number of hydrogen-bond donors (Lipinski definition) is 0. The van der Waals surface area contributed by atoms with Gasteiger partial charge < -0.3 is 4.74 Å². The molecule has 0 aliphatic heterocycles. The van der Waals surface area contributed by atoms with Gasteiger partial charge in [-0.05, 0) is 29.0 Å². The summed E-state index contributed by atoms with van der Waals surface area (Å²) in [4.78, 5) is 0. The second-order valence-corrected chi connectivity index (χ2v) is 4.14. The number of aryl methyl sites for hydroxylation is 1. The quantitative estimate of drug-likeness (QED) is 0.780. The third-order valence-electron chi connectivity index (χ3n) is 1.81. The predicted molar refractivity (Wildman–Crippen MR) is 60.6 cm³/mol. The molecule has 1 heterocycles. The van der Waals surface area contributed by atoms with Crippen molar-refractivity contribution in [3.05, 3.63) is 15.5 Å². The van der Waals surface area contributed by atoms with E-state index in [9.17, 15) is 0 Å². The number of unbranched alkanes of at least 4 members (excludes halogenated alkanes) is 1. The van der Waals surface area contributed by atoms with Gasteiger partial charge >= 0.3 is 0 Å². The minimum absolute atomic E-state index is 0.609. The van der Waals surface area contributed by atoms with Crippen molar-refractivity contribution in [3.63, 3.8) is 0 Å². The Labute approximate surface area is 92.6 Å². The van der Waals surface area contributed by atoms with Gasteiger partial charge in [-0.2, -0.15) is 5.10 Å². The zero-order valence-electron chi connectivity index (χ0n) is 8.09. The van der Waals surface area contributed by atoms with Gasteiger partial charge in [0.2, 0.25) is 0 Å². The number of methoxy groups -OCH3 is 1. The molecule has 74 valence electrons. The van der Waals surface area contributed by atoms with Crippen molar-refractivity contribution in [3.8, 4) is 0 Å². The molecule has 13 heavy (non-hydrogen) atoms. The Balaban J connectivity index is 2.59. The second kappa shape index (κ2) is 5.59. The number of halogens is 1. The van der Waals surface area contributed by atoms with Crippen LogP contribution < -0.4 is 0 Å². The lowest BCUT2D eigenvalue weighted by molar-refractivity contribution is 0.180. The summed E-state index contributed by atoms with van der Waals surface area (Å²) in [6.07, 6.45) is 4.46. The highest BCUT2D eigenvalue weighted by atomic mass is 127. The van der Waals surface area contributed by atoms with E-state index in [-0.39, 0.29) is 0 Å². The van der Waals surface area contributed by atoms with Crippen molar-refractivity contribution >= 4 is 22.6 Å². The summed E-state index contributed by atoms with van der Waals surface area (Å²) in [6, 6.07) is 0.